The predicted octanol–water partition coefficient (Wildman–Crippen LogP) is 4.45. The Labute approximate surface area is 231 Å². The minimum Gasteiger partial charge on any atom is -0.354 e. The second kappa shape index (κ2) is 11.6. The van der Waals surface area contributed by atoms with Gasteiger partial charge in [0.2, 0.25) is 5.91 Å². The van der Waals surface area contributed by atoms with Gasteiger partial charge in [-0.15, -0.1) is 0 Å². The van der Waals surface area contributed by atoms with Gasteiger partial charge in [0, 0.05) is 49.2 Å². The van der Waals surface area contributed by atoms with Crippen LogP contribution >= 0.6 is 11.6 Å². The topological polar surface area (TPSA) is 69.7 Å². The van der Waals surface area contributed by atoms with Crippen LogP contribution in [0.15, 0.2) is 77.7 Å². The number of benzene rings is 3. The highest BCUT2D eigenvalue weighted by molar-refractivity contribution is 7.93. The molecule has 2 saturated heterocycles. The summed E-state index contributed by atoms with van der Waals surface area (Å²) >= 11 is 6.13. The molecule has 0 unspecified atom stereocenters. The van der Waals surface area contributed by atoms with E-state index in [1.807, 2.05) is 24.3 Å². The molecule has 0 saturated carbocycles. The fourth-order valence-electron chi connectivity index (χ4n) is 5.10. The molecule has 3 aromatic carbocycles. The van der Waals surface area contributed by atoms with E-state index in [4.69, 9.17) is 11.6 Å². The van der Waals surface area contributed by atoms with Crippen LogP contribution in [-0.2, 0) is 26.9 Å². The first-order chi connectivity index (χ1) is 18.6. The molecular weight excluding hydrogens is 544 g/mol. The lowest BCUT2D eigenvalue weighted by molar-refractivity contribution is -0.124. The molecule has 2 aliphatic rings. The third-order valence-corrected chi connectivity index (χ3v) is 8.50. The van der Waals surface area contributed by atoms with Crippen molar-refractivity contribution in [3.05, 3.63) is 117 Å². The average Bonchev–Trinajstić information content (AvgIpc) is 2.83. The maximum Gasteiger partial charge on any atom is 0.234 e. The molecule has 0 radical (unpaired) electrons. The summed E-state index contributed by atoms with van der Waals surface area (Å²) in [7, 11) is -3.71. The standard InChI is InChI=1S/C29H28ClF2N3O3S/c30-25-7-5-24(6-8-25)29(23-3-1-20(2-4-23)14-34-10-9-33-28(36)17-34)35-15-22(16-35)19-39(37,38)18-21-11-26(31)13-27(32)12-21/h1-8,11-13,19,29H,9-10,14-18H2,(H,33,36)/t29-/m0/s1. The molecule has 39 heavy (non-hydrogen) atoms. The van der Waals surface area contributed by atoms with Crippen LogP contribution in [0.1, 0.15) is 28.3 Å². The Morgan fingerprint density at radius 3 is 2.13 bits per heavy atom. The first-order valence-electron chi connectivity index (χ1n) is 12.6. The van der Waals surface area contributed by atoms with Gasteiger partial charge in [0.15, 0.2) is 9.84 Å². The minimum atomic E-state index is -3.71. The zero-order valence-electron chi connectivity index (χ0n) is 21.1. The molecule has 5 rings (SSSR count). The number of hydrogen-bond acceptors (Lipinski definition) is 5. The Morgan fingerprint density at radius 2 is 1.51 bits per heavy atom. The Balaban J connectivity index is 1.31. The Kier molecular flexibility index (Phi) is 8.13. The van der Waals surface area contributed by atoms with Gasteiger partial charge in [-0.05, 0) is 52.1 Å². The molecule has 3 aromatic rings. The van der Waals surface area contributed by atoms with Crippen molar-refractivity contribution in [1.29, 1.82) is 0 Å². The molecule has 0 aromatic heterocycles. The number of halogens is 3. The first kappa shape index (κ1) is 27.5. The van der Waals surface area contributed by atoms with E-state index in [1.165, 1.54) is 5.41 Å². The van der Waals surface area contributed by atoms with Crippen LogP contribution in [0, 0.1) is 11.6 Å². The number of piperazine rings is 1. The molecule has 1 atom stereocenters. The molecule has 0 spiro atoms. The molecule has 2 heterocycles. The lowest BCUT2D eigenvalue weighted by atomic mass is 9.92. The van der Waals surface area contributed by atoms with E-state index in [0.29, 0.717) is 43.8 Å². The summed E-state index contributed by atoms with van der Waals surface area (Å²) in [6.07, 6.45) is 0. The van der Waals surface area contributed by atoms with Gasteiger partial charge < -0.3 is 5.32 Å². The van der Waals surface area contributed by atoms with Gasteiger partial charge >= 0.3 is 0 Å². The van der Waals surface area contributed by atoms with Crippen molar-refractivity contribution in [1.82, 2.24) is 15.1 Å². The quantitative estimate of drug-likeness (QED) is 0.433. The van der Waals surface area contributed by atoms with E-state index < -0.39 is 27.2 Å². The minimum absolute atomic E-state index is 0.0347. The highest BCUT2D eigenvalue weighted by atomic mass is 35.5. The summed E-state index contributed by atoms with van der Waals surface area (Å²) in [6.45, 7) is 3.40. The molecule has 2 fully saturated rings. The number of rotatable bonds is 8. The van der Waals surface area contributed by atoms with Crippen LogP contribution in [-0.4, -0.2) is 56.8 Å². The maximum absolute atomic E-state index is 13.5. The number of sulfone groups is 1. The smallest absolute Gasteiger partial charge is 0.234 e. The first-order valence-corrected chi connectivity index (χ1v) is 14.7. The molecule has 2 aliphatic heterocycles. The van der Waals surface area contributed by atoms with Crippen LogP contribution in [0.3, 0.4) is 0 Å². The molecule has 204 valence electrons. The Morgan fingerprint density at radius 1 is 0.897 bits per heavy atom. The number of carbonyl (C=O) groups excluding carboxylic acids is 1. The number of hydrogen-bond donors (Lipinski definition) is 1. The summed E-state index contributed by atoms with van der Waals surface area (Å²) in [5, 5.41) is 4.69. The lowest BCUT2D eigenvalue weighted by Gasteiger charge is -2.41. The summed E-state index contributed by atoms with van der Waals surface area (Å²) in [5.41, 5.74) is 3.98. The van der Waals surface area contributed by atoms with Gasteiger partial charge in [-0.1, -0.05) is 48.0 Å². The number of amides is 1. The normalized spacial score (nSPS) is 17.4. The fourth-order valence-corrected chi connectivity index (χ4v) is 6.60. The van der Waals surface area contributed by atoms with E-state index >= 15 is 0 Å². The Hall–Kier alpha value is -3.11. The highest BCUT2D eigenvalue weighted by Crippen LogP contribution is 2.35. The van der Waals surface area contributed by atoms with Gasteiger partial charge in [-0.2, -0.15) is 0 Å². The number of nitrogens with zero attached hydrogens (tertiary/aromatic N) is 2. The van der Waals surface area contributed by atoms with Crippen LogP contribution < -0.4 is 5.32 Å². The van der Waals surface area contributed by atoms with Gasteiger partial charge in [0.25, 0.3) is 0 Å². The van der Waals surface area contributed by atoms with E-state index in [9.17, 15) is 22.0 Å². The molecule has 0 bridgehead atoms. The third-order valence-electron chi connectivity index (χ3n) is 6.82. The van der Waals surface area contributed by atoms with Crippen molar-refractivity contribution in [2.75, 3.05) is 32.7 Å². The summed E-state index contributed by atoms with van der Waals surface area (Å²) in [6, 6.07) is 18.5. The number of nitrogens with one attached hydrogen (secondary N) is 1. The molecule has 0 aliphatic carbocycles. The second-order valence-electron chi connectivity index (χ2n) is 10.0. The van der Waals surface area contributed by atoms with Crippen LogP contribution in [0.25, 0.3) is 0 Å². The number of likely N-dealkylation sites (tertiary alicyclic amines) is 1. The largest absolute Gasteiger partial charge is 0.354 e. The van der Waals surface area contributed by atoms with Crippen molar-refractivity contribution >= 4 is 27.3 Å². The SMILES string of the molecule is O=C1CN(Cc2ccc([C@@H](c3ccc(Cl)cc3)N3CC(=CS(=O)(=O)Cc4cc(F)cc(F)c4)C3)cc2)CCN1. The summed E-state index contributed by atoms with van der Waals surface area (Å²) < 4.78 is 52.4. The zero-order chi connectivity index (χ0) is 27.6. The maximum atomic E-state index is 13.5. The molecule has 6 nitrogen and oxygen atoms in total. The third kappa shape index (κ3) is 7.10. The Bertz CT molecular complexity index is 1470. The lowest BCUT2D eigenvalue weighted by Crippen LogP contribution is -2.47. The van der Waals surface area contributed by atoms with Crippen molar-refractivity contribution in [3.63, 3.8) is 0 Å². The van der Waals surface area contributed by atoms with E-state index in [0.717, 1.165) is 40.9 Å². The van der Waals surface area contributed by atoms with Crippen molar-refractivity contribution < 1.29 is 22.0 Å². The van der Waals surface area contributed by atoms with Crippen molar-refractivity contribution in [2.45, 2.75) is 18.3 Å². The van der Waals surface area contributed by atoms with Gasteiger partial charge in [-0.25, -0.2) is 17.2 Å². The molecule has 1 amide bonds. The summed E-state index contributed by atoms with van der Waals surface area (Å²) in [5.74, 6) is -2.04. The molecule has 10 heteroatoms. The predicted molar refractivity (Wildman–Crippen MR) is 147 cm³/mol. The fraction of sp³-hybridized carbons (Fsp3) is 0.276. The molecule has 1 N–H and O–H groups in total. The van der Waals surface area contributed by atoms with Crippen LogP contribution in [0.5, 0.6) is 0 Å². The van der Waals surface area contributed by atoms with E-state index in [2.05, 4.69) is 39.4 Å². The van der Waals surface area contributed by atoms with Gasteiger partial charge in [-0.3, -0.25) is 14.6 Å². The highest BCUT2D eigenvalue weighted by Gasteiger charge is 2.31. The second-order valence-corrected chi connectivity index (χ2v) is 12.3. The zero-order valence-corrected chi connectivity index (χ0v) is 22.7. The monoisotopic (exact) mass is 571 g/mol. The van der Waals surface area contributed by atoms with E-state index in [1.54, 1.807) is 0 Å². The summed E-state index contributed by atoms with van der Waals surface area (Å²) in [4.78, 5) is 16.0. The van der Waals surface area contributed by atoms with Crippen molar-refractivity contribution in [3.8, 4) is 0 Å². The van der Waals surface area contributed by atoms with Gasteiger partial charge in [0.1, 0.15) is 11.6 Å². The molecular formula is C29H28ClF2N3O3S. The van der Waals surface area contributed by atoms with Crippen molar-refractivity contribution in [2.24, 2.45) is 0 Å². The van der Waals surface area contributed by atoms with Gasteiger partial charge in [0.05, 0.1) is 18.3 Å². The van der Waals surface area contributed by atoms with Crippen LogP contribution in [0.4, 0.5) is 8.78 Å². The van der Waals surface area contributed by atoms with Crippen LogP contribution in [0.2, 0.25) is 5.02 Å². The van der Waals surface area contributed by atoms with E-state index in [-0.39, 0.29) is 17.5 Å². The average molecular weight is 572 g/mol. The number of carbonyl (C=O) groups is 1.